The predicted octanol–water partition coefficient (Wildman–Crippen LogP) is 4.27. The molecule has 0 atom stereocenters. The number of carbonyl (C=O) groups is 1. The van der Waals surface area contributed by atoms with E-state index in [1.165, 1.54) is 0 Å². The van der Waals surface area contributed by atoms with Crippen molar-refractivity contribution in [1.29, 1.82) is 0 Å². The number of aromatic nitrogens is 2. The van der Waals surface area contributed by atoms with E-state index in [9.17, 15) is 4.79 Å². The van der Waals surface area contributed by atoms with Gasteiger partial charge in [0.1, 0.15) is 11.3 Å². The highest BCUT2D eigenvalue weighted by Crippen LogP contribution is 2.36. The highest BCUT2D eigenvalue weighted by atomic mass is 16.2. The van der Waals surface area contributed by atoms with E-state index in [4.69, 9.17) is 0 Å². The molecule has 25 heavy (non-hydrogen) atoms. The molecule has 3 rings (SSSR count). The summed E-state index contributed by atoms with van der Waals surface area (Å²) in [6.07, 6.45) is 6.11. The molecule has 2 heterocycles. The summed E-state index contributed by atoms with van der Waals surface area (Å²) in [5.41, 5.74) is 7.38. The van der Waals surface area contributed by atoms with E-state index in [0.717, 1.165) is 54.2 Å². The van der Waals surface area contributed by atoms with Gasteiger partial charge < -0.3 is 0 Å². The Morgan fingerprint density at radius 2 is 1.96 bits per heavy atom. The van der Waals surface area contributed by atoms with E-state index in [2.05, 4.69) is 36.3 Å². The van der Waals surface area contributed by atoms with Gasteiger partial charge in [-0.05, 0) is 68.6 Å². The van der Waals surface area contributed by atoms with E-state index in [1.807, 2.05) is 36.6 Å². The van der Waals surface area contributed by atoms with Gasteiger partial charge in [0, 0.05) is 11.9 Å². The Balaban J connectivity index is 1.71. The summed E-state index contributed by atoms with van der Waals surface area (Å²) < 4.78 is 1.83. The average Bonchev–Trinajstić information content (AvgIpc) is 2.87. The molecule has 0 unspecified atom stereocenters. The van der Waals surface area contributed by atoms with Crippen LogP contribution in [0.5, 0.6) is 0 Å². The Hall–Kier alpha value is -2.17. The monoisotopic (exact) mass is 340 g/mol. The van der Waals surface area contributed by atoms with Crippen LogP contribution in [0.2, 0.25) is 0 Å². The fourth-order valence-electron chi connectivity index (χ4n) is 3.65. The highest BCUT2D eigenvalue weighted by molar-refractivity contribution is 5.96. The van der Waals surface area contributed by atoms with Crippen LogP contribution >= 0.6 is 0 Å². The Morgan fingerprint density at radius 1 is 1.28 bits per heavy atom. The zero-order valence-electron chi connectivity index (χ0n) is 15.9. The quantitative estimate of drug-likeness (QED) is 0.830. The number of nitrogens with zero attached hydrogens (tertiary/aromatic N) is 3. The fraction of sp³-hybridized carbons (Fsp3) is 0.550. The summed E-state index contributed by atoms with van der Waals surface area (Å²) >= 11 is 0. The molecule has 2 aromatic rings. The molecule has 2 aromatic heterocycles. The number of aryl methyl sites for hydroxylation is 2. The Kier molecular flexibility index (Phi) is 4.67. The Bertz CT molecular complexity index is 816. The topological polar surface area (TPSA) is 58.8 Å². The van der Waals surface area contributed by atoms with E-state index in [1.54, 1.807) is 0 Å². The first-order valence-corrected chi connectivity index (χ1v) is 9.07. The third-order valence-electron chi connectivity index (χ3n) is 5.27. The standard InChI is InChI=1S/C20H28N4O/c1-13-10-11-24-17(12-13)21-14(2)18(24)19(25)23-22-16-8-6-15(7-9-16)20(3,4)5/h10-12,15H,6-9H2,1-5H3,(H,23,25). The van der Waals surface area contributed by atoms with Crippen LogP contribution in [0.1, 0.15) is 68.2 Å². The van der Waals surface area contributed by atoms with Crippen molar-refractivity contribution in [1.82, 2.24) is 14.8 Å². The van der Waals surface area contributed by atoms with Crippen molar-refractivity contribution in [3.63, 3.8) is 0 Å². The van der Waals surface area contributed by atoms with Crippen LogP contribution in [0, 0.1) is 25.2 Å². The number of pyridine rings is 1. The summed E-state index contributed by atoms with van der Waals surface area (Å²) in [4.78, 5) is 17.1. The lowest BCUT2D eigenvalue weighted by atomic mass is 9.72. The van der Waals surface area contributed by atoms with Gasteiger partial charge in [-0.1, -0.05) is 20.8 Å². The largest absolute Gasteiger partial charge is 0.295 e. The minimum atomic E-state index is -0.195. The van der Waals surface area contributed by atoms with E-state index in [0.29, 0.717) is 11.1 Å². The molecule has 1 aliphatic carbocycles. The normalized spacial score (nSPS) is 18.4. The van der Waals surface area contributed by atoms with Crippen molar-refractivity contribution >= 4 is 17.3 Å². The number of hydrazone groups is 1. The van der Waals surface area contributed by atoms with Gasteiger partial charge in [-0.3, -0.25) is 9.20 Å². The molecular weight excluding hydrogens is 312 g/mol. The van der Waals surface area contributed by atoms with Crippen LogP contribution in [-0.4, -0.2) is 21.0 Å². The van der Waals surface area contributed by atoms with Crippen LogP contribution in [-0.2, 0) is 0 Å². The number of amides is 1. The second kappa shape index (κ2) is 6.62. The molecule has 1 N–H and O–H groups in total. The van der Waals surface area contributed by atoms with Crippen molar-refractivity contribution in [3.8, 4) is 0 Å². The molecule has 134 valence electrons. The predicted molar refractivity (Wildman–Crippen MR) is 101 cm³/mol. The molecule has 5 heteroatoms. The molecule has 0 spiro atoms. The first kappa shape index (κ1) is 17.6. The second-order valence-electron chi connectivity index (χ2n) is 8.24. The van der Waals surface area contributed by atoms with E-state index in [-0.39, 0.29) is 5.91 Å². The first-order chi connectivity index (χ1) is 11.8. The van der Waals surface area contributed by atoms with Crippen LogP contribution in [0.4, 0.5) is 0 Å². The lowest BCUT2D eigenvalue weighted by molar-refractivity contribution is 0.0947. The van der Waals surface area contributed by atoms with Gasteiger partial charge >= 0.3 is 0 Å². The molecule has 1 amide bonds. The summed E-state index contributed by atoms with van der Waals surface area (Å²) in [6.45, 7) is 10.8. The number of nitrogens with one attached hydrogen (secondary N) is 1. The smallest absolute Gasteiger partial charge is 0.290 e. The SMILES string of the molecule is Cc1ccn2c(C(=O)NN=C3CCC(C(C)(C)C)CC3)c(C)nc2c1. The third kappa shape index (κ3) is 3.75. The molecule has 5 nitrogen and oxygen atoms in total. The maximum absolute atomic E-state index is 12.6. The van der Waals surface area contributed by atoms with Gasteiger partial charge in [-0.25, -0.2) is 10.4 Å². The van der Waals surface area contributed by atoms with Gasteiger partial charge in [-0.15, -0.1) is 0 Å². The molecule has 0 bridgehead atoms. The molecule has 1 saturated carbocycles. The minimum Gasteiger partial charge on any atom is -0.295 e. The van der Waals surface area contributed by atoms with Gasteiger partial charge in [0.05, 0.1) is 5.69 Å². The zero-order chi connectivity index (χ0) is 18.2. The fourth-order valence-corrected chi connectivity index (χ4v) is 3.65. The number of imidazole rings is 1. The Morgan fingerprint density at radius 3 is 2.60 bits per heavy atom. The zero-order valence-corrected chi connectivity index (χ0v) is 15.9. The summed E-state index contributed by atoms with van der Waals surface area (Å²) in [6, 6.07) is 3.95. The number of carbonyl (C=O) groups excluding carboxylic acids is 1. The molecule has 0 saturated heterocycles. The van der Waals surface area contributed by atoms with Crippen LogP contribution in [0.25, 0.3) is 5.65 Å². The number of hydrogen-bond acceptors (Lipinski definition) is 3. The van der Waals surface area contributed by atoms with Crippen LogP contribution in [0.3, 0.4) is 0 Å². The third-order valence-corrected chi connectivity index (χ3v) is 5.27. The molecule has 0 radical (unpaired) electrons. The molecule has 0 aliphatic heterocycles. The maximum Gasteiger partial charge on any atom is 0.290 e. The van der Waals surface area contributed by atoms with Crippen molar-refractivity contribution in [2.24, 2.45) is 16.4 Å². The molecule has 1 fully saturated rings. The average molecular weight is 340 g/mol. The molecule has 0 aromatic carbocycles. The second-order valence-corrected chi connectivity index (χ2v) is 8.24. The van der Waals surface area contributed by atoms with Crippen LogP contribution < -0.4 is 5.43 Å². The van der Waals surface area contributed by atoms with E-state index < -0.39 is 0 Å². The van der Waals surface area contributed by atoms with Crippen molar-refractivity contribution in [2.45, 2.75) is 60.3 Å². The summed E-state index contributed by atoms with van der Waals surface area (Å²) in [5.74, 6) is 0.533. The van der Waals surface area contributed by atoms with E-state index >= 15 is 0 Å². The highest BCUT2D eigenvalue weighted by Gasteiger charge is 2.28. The van der Waals surface area contributed by atoms with Crippen molar-refractivity contribution in [2.75, 3.05) is 0 Å². The summed E-state index contributed by atoms with van der Waals surface area (Å²) in [5, 5.41) is 4.40. The van der Waals surface area contributed by atoms with Gasteiger partial charge in [-0.2, -0.15) is 5.10 Å². The molecule has 1 aliphatic rings. The first-order valence-electron chi connectivity index (χ1n) is 9.07. The molecular formula is C20H28N4O. The van der Waals surface area contributed by atoms with Gasteiger partial charge in [0.25, 0.3) is 5.91 Å². The van der Waals surface area contributed by atoms with Crippen molar-refractivity contribution < 1.29 is 4.79 Å². The Labute approximate surface area is 149 Å². The van der Waals surface area contributed by atoms with Crippen molar-refractivity contribution in [3.05, 3.63) is 35.3 Å². The number of rotatable bonds is 2. The minimum absolute atomic E-state index is 0.195. The number of fused-ring (bicyclic) bond motifs is 1. The van der Waals surface area contributed by atoms with Gasteiger partial charge in [0.15, 0.2) is 0 Å². The summed E-state index contributed by atoms with van der Waals surface area (Å²) in [7, 11) is 0. The lowest BCUT2D eigenvalue weighted by Gasteiger charge is -2.34. The van der Waals surface area contributed by atoms with Gasteiger partial charge in [0.2, 0.25) is 0 Å². The number of hydrogen-bond donors (Lipinski definition) is 1. The lowest BCUT2D eigenvalue weighted by Crippen LogP contribution is -2.28. The maximum atomic E-state index is 12.6. The van der Waals surface area contributed by atoms with Crippen LogP contribution in [0.15, 0.2) is 23.4 Å².